The highest BCUT2D eigenvalue weighted by Crippen LogP contribution is 2.24. The van der Waals surface area contributed by atoms with Crippen molar-refractivity contribution in [2.75, 3.05) is 11.9 Å². The standard InChI is InChI=1S/C13H13ClFN3/c1-9(10-3-5-11(15)6-4-10)18(2)13-8-16-7-12(14)17-13/h3-9H,1-2H3. The Morgan fingerprint density at radius 3 is 2.50 bits per heavy atom. The molecule has 0 bridgehead atoms. The van der Waals surface area contributed by atoms with Crippen LogP contribution >= 0.6 is 11.6 Å². The topological polar surface area (TPSA) is 29.0 Å². The van der Waals surface area contributed by atoms with Gasteiger partial charge in [-0.2, -0.15) is 0 Å². The van der Waals surface area contributed by atoms with Gasteiger partial charge in [-0.15, -0.1) is 0 Å². The number of hydrogen-bond donors (Lipinski definition) is 0. The summed E-state index contributed by atoms with van der Waals surface area (Å²) in [5.41, 5.74) is 1.00. The molecule has 0 aliphatic heterocycles. The van der Waals surface area contributed by atoms with Gasteiger partial charge in [0.25, 0.3) is 0 Å². The monoisotopic (exact) mass is 265 g/mol. The van der Waals surface area contributed by atoms with Crippen LogP contribution in [0.3, 0.4) is 0 Å². The minimum atomic E-state index is -0.240. The molecule has 1 aromatic heterocycles. The first-order chi connectivity index (χ1) is 8.58. The molecule has 1 heterocycles. The van der Waals surface area contributed by atoms with E-state index in [1.165, 1.54) is 18.3 Å². The van der Waals surface area contributed by atoms with E-state index >= 15 is 0 Å². The lowest BCUT2D eigenvalue weighted by Crippen LogP contribution is -2.22. The van der Waals surface area contributed by atoms with Crippen LogP contribution in [0.15, 0.2) is 36.7 Å². The van der Waals surface area contributed by atoms with E-state index < -0.39 is 0 Å². The molecule has 94 valence electrons. The predicted molar refractivity (Wildman–Crippen MR) is 70.3 cm³/mol. The molecule has 0 spiro atoms. The zero-order valence-corrected chi connectivity index (χ0v) is 10.9. The fourth-order valence-electron chi connectivity index (χ4n) is 1.67. The Kier molecular flexibility index (Phi) is 3.77. The Hall–Kier alpha value is -1.68. The molecule has 0 aliphatic carbocycles. The lowest BCUT2D eigenvalue weighted by molar-refractivity contribution is 0.625. The third kappa shape index (κ3) is 2.76. The number of rotatable bonds is 3. The van der Waals surface area contributed by atoms with Crippen LogP contribution in [0.25, 0.3) is 0 Å². The Labute approximate surface area is 110 Å². The van der Waals surface area contributed by atoms with Gasteiger partial charge in [-0.1, -0.05) is 23.7 Å². The minimum absolute atomic E-state index is 0.0540. The van der Waals surface area contributed by atoms with Gasteiger partial charge in [-0.25, -0.2) is 9.37 Å². The number of nitrogens with zero attached hydrogens (tertiary/aromatic N) is 3. The van der Waals surface area contributed by atoms with Crippen molar-refractivity contribution >= 4 is 17.4 Å². The van der Waals surface area contributed by atoms with Crippen molar-refractivity contribution in [3.05, 3.63) is 53.2 Å². The SMILES string of the molecule is CC(c1ccc(F)cc1)N(C)c1cncc(Cl)n1. The van der Waals surface area contributed by atoms with E-state index in [1.54, 1.807) is 18.3 Å². The second kappa shape index (κ2) is 5.31. The first-order valence-corrected chi connectivity index (χ1v) is 5.91. The molecule has 0 N–H and O–H groups in total. The van der Waals surface area contributed by atoms with E-state index in [-0.39, 0.29) is 11.9 Å². The summed E-state index contributed by atoms with van der Waals surface area (Å²) in [5, 5.41) is 0.352. The second-order valence-electron chi connectivity index (χ2n) is 4.04. The third-order valence-corrected chi connectivity index (χ3v) is 3.07. The summed E-state index contributed by atoms with van der Waals surface area (Å²) in [6.07, 6.45) is 3.13. The second-order valence-corrected chi connectivity index (χ2v) is 4.43. The molecule has 0 radical (unpaired) electrons. The number of hydrogen-bond acceptors (Lipinski definition) is 3. The Morgan fingerprint density at radius 1 is 1.22 bits per heavy atom. The van der Waals surface area contributed by atoms with Crippen molar-refractivity contribution in [1.29, 1.82) is 0 Å². The van der Waals surface area contributed by atoms with E-state index in [0.29, 0.717) is 11.0 Å². The molecule has 18 heavy (non-hydrogen) atoms. The van der Waals surface area contributed by atoms with E-state index in [4.69, 9.17) is 11.6 Å². The van der Waals surface area contributed by atoms with Gasteiger partial charge in [0.05, 0.1) is 18.4 Å². The number of anilines is 1. The minimum Gasteiger partial charge on any atom is -0.352 e. The van der Waals surface area contributed by atoms with Crippen molar-refractivity contribution in [2.45, 2.75) is 13.0 Å². The highest BCUT2D eigenvalue weighted by atomic mass is 35.5. The fourth-order valence-corrected chi connectivity index (χ4v) is 1.81. The average molecular weight is 266 g/mol. The van der Waals surface area contributed by atoms with E-state index in [9.17, 15) is 4.39 Å². The molecular formula is C13H13ClFN3. The van der Waals surface area contributed by atoms with E-state index in [1.807, 2.05) is 18.9 Å². The van der Waals surface area contributed by atoms with Gasteiger partial charge in [0.1, 0.15) is 16.8 Å². The molecule has 0 saturated heterocycles. The van der Waals surface area contributed by atoms with Gasteiger partial charge in [0.15, 0.2) is 0 Å². The van der Waals surface area contributed by atoms with Crippen LogP contribution in [-0.4, -0.2) is 17.0 Å². The summed E-state index contributed by atoms with van der Waals surface area (Å²) < 4.78 is 12.9. The molecular weight excluding hydrogens is 253 g/mol. The molecule has 0 amide bonds. The predicted octanol–water partition coefficient (Wildman–Crippen LogP) is 3.47. The van der Waals surface area contributed by atoms with Gasteiger partial charge in [-0.05, 0) is 24.6 Å². The zero-order valence-electron chi connectivity index (χ0n) is 10.1. The smallest absolute Gasteiger partial charge is 0.149 e. The van der Waals surface area contributed by atoms with Crippen molar-refractivity contribution in [3.63, 3.8) is 0 Å². The largest absolute Gasteiger partial charge is 0.352 e. The summed E-state index contributed by atoms with van der Waals surface area (Å²) in [6.45, 7) is 2.01. The summed E-state index contributed by atoms with van der Waals surface area (Å²) in [7, 11) is 1.90. The summed E-state index contributed by atoms with van der Waals surface area (Å²) in [5.74, 6) is 0.440. The summed E-state index contributed by atoms with van der Waals surface area (Å²) in [4.78, 5) is 10.1. The fraction of sp³-hybridized carbons (Fsp3) is 0.231. The maximum atomic E-state index is 12.9. The van der Waals surface area contributed by atoms with Crippen molar-refractivity contribution in [2.24, 2.45) is 0 Å². The van der Waals surface area contributed by atoms with Gasteiger partial charge < -0.3 is 4.90 Å². The van der Waals surface area contributed by atoms with Crippen LogP contribution in [0.4, 0.5) is 10.2 Å². The van der Waals surface area contributed by atoms with Crippen LogP contribution in [0, 0.1) is 5.82 Å². The summed E-state index contributed by atoms with van der Waals surface area (Å²) >= 11 is 5.81. The van der Waals surface area contributed by atoms with Gasteiger partial charge in [-0.3, -0.25) is 4.98 Å². The van der Waals surface area contributed by atoms with E-state index in [0.717, 1.165) is 5.56 Å². The molecule has 0 fully saturated rings. The molecule has 2 aromatic rings. The highest BCUT2D eigenvalue weighted by molar-refractivity contribution is 6.29. The first-order valence-electron chi connectivity index (χ1n) is 5.54. The Morgan fingerprint density at radius 2 is 1.89 bits per heavy atom. The molecule has 1 unspecified atom stereocenters. The lowest BCUT2D eigenvalue weighted by atomic mass is 10.1. The Balaban J connectivity index is 2.23. The first kappa shape index (κ1) is 12.8. The number of halogens is 2. The van der Waals surface area contributed by atoms with Crippen molar-refractivity contribution in [3.8, 4) is 0 Å². The maximum absolute atomic E-state index is 12.9. The summed E-state index contributed by atoms with van der Waals surface area (Å²) in [6, 6.07) is 6.47. The number of benzene rings is 1. The number of aromatic nitrogens is 2. The van der Waals surface area contributed by atoms with Crippen LogP contribution < -0.4 is 4.90 Å². The van der Waals surface area contributed by atoms with Crippen molar-refractivity contribution < 1.29 is 4.39 Å². The molecule has 1 atom stereocenters. The lowest BCUT2D eigenvalue weighted by Gasteiger charge is -2.26. The van der Waals surface area contributed by atoms with Gasteiger partial charge in [0.2, 0.25) is 0 Å². The van der Waals surface area contributed by atoms with Crippen LogP contribution in [0.5, 0.6) is 0 Å². The van der Waals surface area contributed by atoms with Gasteiger partial charge in [0, 0.05) is 7.05 Å². The van der Waals surface area contributed by atoms with Crippen molar-refractivity contribution in [1.82, 2.24) is 9.97 Å². The van der Waals surface area contributed by atoms with E-state index in [2.05, 4.69) is 9.97 Å². The average Bonchev–Trinajstić information content (AvgIpc) is 2.38. The molecule has 5 heteroatoms. The maximum Gasteiger partial charge on any atom is 0.149 e. The van der Waals surface area contributed by atoms with Crippen LogP contribution in [0.1, 0.15) is 18.5 Å². The molecule has 3 nitrogen and oxygen atoms in total. The molecule has 1 aromatic carbocycles. The quantitative estimate of drug-likeness (QED) is 0.851. The van der Waals surface area contributed by atoms with Gasteiger partial charge >= 0.3 is 0 Å². The third-order valence-electron chi connectivity index (χ3n) is 2.89. The Bertz CT molecular complexity index is 530. The molecule has 2 rings (SSSR count). The van der Waals surface area contributed by atoms with Crippen LogP contribution in [0.2, 0.25) is 5.15 Å². The normalized spacial score (nSPS) is 12.2. The molecule has 0 saturated carbocycles. The zero-order chi connectivity index (χ0) is 13.1. The van der Waals surface area contributed by atoms with Crippen LogP contribution in [-0.2, 0) is 0 Å². The molecule has 0 aliphatic rings. The highest BCUT2D eigenvalue weighted by Gasteiger charge is 2.14.